The molecule has 21 heavy (non-hydrogen) atoms. The minimum absolute atomic E-state index is 0.117. The van der Waals surface area contributed by atoms with Gasteiger partial charge in [0.1, 0.15) is 11.9 Å². The van der Waals surface area contributed by atoms with E-state index in [-0.39, 0.29) is 18.1 Å². The number of aromatic nitrogens is 3. The number of fused-ring (bicyclic) bond motifs is 1. The van der Waals surface area contributed by atoms with Gasteiger partial charge in [-0.15, -0.1) is 0 Å². The Kier molecular flexibility index (Phi) is 3.31. The molecule has 1 aromatic carbocycles. The number of aliphatic hydroxyl groups is 1. The highest BCUT2D eigenvalue weighted by Crippen LogP contribution is 2.28. The Hall–Kier alpha value is -2.47. The predicted octanol–water partition coefficient (Wildman–Crippen LogP) is 2.12. The molecule has 0 radical (unpaired) electrons. The average molecular weight is 287 g/mol. The Morgan fingerprint density at radius 3 is 3.10 bits per heavy atom. The molecule has 0 spiro atoms. The molecule has 108 valence electrons. The van der Waals surface area contributed by atoms with Gasteiger partial charge >= 0.3 is 0 Å². The number of aromatic amines is 1. The molecule has 0 saturated heterocycles. The first-order valence-corrected chi connectivity index (χ1v) is 6.52. The zero-order chi connectivity index (χ0) is 15.0. The van der Waals surface area contributed by atoms with Crippen molar-refractivity contribution in [3.8, 4) is 11.1 Å². The summed E-state index contributed by atoms with van der Waals surface area (Å²) in [6.45, 7) is 1.45. The smallest absolute Gasteiger partial charge is 0.160 e. The van der Waals surface area contributed by atoms with E-state index in [2.05, 4.69) is 10.1 Å². The van der Waals surface area contributed by atoms with Crippen molar-refractivity contribution in [1.82, 2.24) is 14.8 Å². The van der Waals surface area contributed by atoms with Gasteiger partial charge in [-0.05, 0) is 25.1 Å². The van der Waals surface area contributed by atoms with E-state index in [1.54, 1.807) is 24.7 Å². The maximum absolute atomic E-state index is 13.2. The Labute approximate surface area is 120 Å². The van der Waals surface area contributed by atoms with Crippen LogP contribution >= 0.6 is 0 Å². The van der Waals surface area contributed by atoms with Gasteiger partial charge in [-0.1, -0.05) is 0 Å². The number of hydrogen-bond acceptors (Lipinski definition) is 3. The lowest BCUT2D eigenvalue weighted by Gasteiger charge is -2.05. The molecule has 1 atom stereocenters. The number of nitrogens with one attached hydrogen (secondary N) is 1. The Morgan fingerprint density at radius 1 is 1.52 bits per heavy atom. The van der Waals surface area contributed by atoms with Crippen molar-refractivity contribution in [3.05, 3.63) is 42.6 Å². The molecule has 1 unspecified atom stereocenters. The number of nitrogens with zero attached hydrogens (tertiary/aromatic N) is 2. The first kappa shape index (κ1) is 13.5. The molecule has 0 aliphatic carbocycles. The van der Waals surface area contributed by atoms with Gasteiger partial charge in [0.2, 0.25) is 0 Å². The number of ketones is 1. The number of benzene rings is 1. The van der Waals surface area contributed by atoms with Gasteiger partial charge in [-0.25, -0.2) is 4.39 Å². The zero-order valence-electron chi connectivity index (χ0n) is 11.4. The molecule has 5 nitrogen and oxygen atoms in total. The number of H-pyrrole nitrogens is 1. The van der Waals surface area contributed by atoms with Gasteiger partial charge < -0.3 is 10.1 Å². The fourth-order valence-electron chi connectivity index (χ4n) is 2.25. The van der Waals surface area contributed by atoms with E-state index in [0.29, 0.717) is 5.52 Å². The molecule has 2 aromatic heterocycles. The van der Waals surface area contributed by atoms with Crippen LogP contribution in [-0.4, -0.2) is 31.8 Å². The van der Waals surface area contributed by atoms with Crippen LogP contribution in [0.1, 0.15) is 6.92 Å². The lowest BCUT2D eigenvalue weighted by Crippen LogP contribution is -2.23. The molecule has 0 aliphatic heterocycles. The van der Waals surface area contributed by atoms with Crippen LogP contribution in [0.15, 0.2) is 36.8 Å². The van der Waals surface area contributed by atoms with Crippen molar-refractivity contribution in [1.29, 1.82) is 0 Å². The molecule has 0 aliphatic rings. The van der Waals surface area contributed by atoms with Crippen LogP contribution in [0, 0.1) is 5.82 Å². The molecule has 0 saturated carbocycles. The van der Waals surface area contributed by atoms with E-state index in [4.69, 9.17) is 0 Å². The summed E-state index contributed by atoms with van der Waals surface area (Å²) in [5.74, 6) is -0.592. The van der Waals surface area contributed by atoms with Crippen molar-refractivity contribution in [3.63, 3.8) is 0 Å². The van der Waals surface area contributed by atoms with Crippen LogP contribution in [0.3, 0.4) is 0 Å². The summed E-state index contributed by atoms with van der Waals surface area (Å²) in [6.07, 6.45) is 4.12. The third kappa shape index (κ3) is 2.57. The molecule has 0 bridgehead atoms. The van der Waals surface area contributed by atoms with Crippen LogP contribution in [0.4, 0.5) is 4.39 Å². The summed E-state index contributed by atoms with van der Waals surface area (Å²) in [6, 6.07) is 4.55. The molecule has 2 heterocycles. The van der Waals surface area contributed by atoms with Crippen molar-refractivity contribution in [2.75, 3.05) is 0 Å². The normalized spacial score (nSPS) is 12.7. The fourth-order valence-corrected chi connectivity index (χ4v) is 2.25. The maximum Gasteiger partial charge on any atom is 0.160 e. The summed E-state index contributed by atoms with van der Waals surface area (Å²) >= 11 is 0. The van der Waals surface area contributed by atoms with Gasteiger partial charge in [0, 0.05) is 34.4 Å². The van der Waals surface area contributed by atoms with E-state index < -0.39 is 6.10 Å². The van der Waals surface area contributed by atoms with Gasteiger partial charge in [0.25, 0.3) is 0 Å². The monoisotopic (exact) mass is 287 g/mol. The minimum atomic E-state index is -1.06. The molecule has 2 N–H and O–H groups in total. The number of Topliss-reactive ketones (excluding diaryl/α,β-unsaturated/α-hetero) is 1. The first-order chi connectivity index (χ1) is 10.0. The molecule has 0 fully saturated rings. The standard InChI is InChI=1S/C15H14FN3O2/c1-9(20)15(21)8-19-7-10(5-18-19)13-6-17-14-4-11(16)2-3-12(13)14/h2-7,15,17,21H,8H2,1H3. The van der Waals surface area contributed by atoms with Gasteiger partial charge in [-0.2, -0.15) is 5.10 Å². The van der Waals surface area contributed by atoms with Crippen molar-refractivity contribution in [2.45, 2.75) is 19.6 Å². The second-order valence-electron chi connectivity index (χ2n) is 4.97. The molecular weight excluding hydrogens is 273 g/mol. The maximum atomic E-state index is 13.2. The summed E-state index contributed by atoms with van der Waals surface area (Å²) in [5.41, 5.74) is 2.44. The third-order valence-corrected chi connectivity index (χ3v) is 3.42. The minimum Gasteiger partial charge on any atom is -0.383 e. The number of halogens is 1. The van der Waals surface area contributed by atoms with Crippen LogP contribution < -0.4 is 0 Å². The fraction of sp³-hybridized carbons (Fsp3) is 0.200. The summed E-state index contributed by atoms with van der Waals surface area (Å²) in [4.78, 5) is 14.1. The van der Waals surface area contributed by atoms with E-state index in [1.165, 1.54) is 23.7 Å². The second-order valence-corrected chi connectivity index (χ2v) is 4.97. The Morgan fingerprint density at radius 2 is 2.33 bits per heavy atom. The van der Waals surface area contributed by atoms with Crippen LogP contribution in [0.2, 0.25) is 0 Å². The summed E-state index contributed by atoms with van der Waals surface area (Å²) < 4.78 is 14.7. The second kappa shape index (κ2) is 5.14. The molecule has 6 heteroatoms. The van der Waals surface area contributed by atoms with Crippen molar-refractivity contribution < 1.29 is 14.3 Å². The number of rotatable bonds is 4. The zero-order valence-corrected chi connectivity index (χ0v) is 11.4. The highest BCUT2D eigenvalue weighted by atomic mass is 19.1. The topological polar surface area (TPSA) is 70.9 Å². The van der Waals surface area contributed by atoms with Crippen LogP contribution in [0.25, 0.3) is 22.0 Å². The Balaban J connectivity index is 1.93. The SMILES string of the molecule is CC(=O)C(O)Cn1cc(-c2c[nH]c3cc(F)ccc23)cn1. The number of aliphatic hydroxyl groups excluding tert-OH is 1. The van der Waals surface area contributed by atoms with Crippen LogP contribution in [0.5, 0.6) is 0 Å². The lowest BCUT2D eigenvalue weighted by atomic mass is 10.1. The van der Waals surface area contributed by atoms with Crippen molar-refractivity contribution in [2.24, 2.45) is 0 Å². The number of carbonyl (C=O) groups excluding carboxylic acids is 1. The summed E-state index contributed by atoms with van der Waals surface area (Å²) in [7, 11) is 0. The van der Waals surface area contributed by atoms with Crippen LogP contribution in [-0.2, 0) is 11.3 Å². The highest BCUT2D eigenvalue weighted by molar-refractivity contribution is 5.95. The van der Waals surface area contributed by atoms with E-state index in [0.717, 1.165) is 16.5 Å². The molecule has 3 rings (SSSR count). The average Bonchev–Trinajstić information content (AvgIpc) is 3.04. The largest absolute Gasteiger partial charge is 0.383 e. The van der Waals surface area contributed by atoms with E-state index in [1.807, 2.05) is 0 Å². The molecule has 3 aromatic rings. The number of carbonyl (C=O) groups is 1. The quantitative estimate of drug-likeness (QED) is 0.772. The Bertz CT molecular complexity index is 806. The highest BCUT2D eigenvalue weighted by Gasteiger charge is 2.13. The van der Waals surface area contributed by atoms with Gasteiger partial charge in [0.15, 0.2) is 5.78 Å². The van der Waals surface area contributed by atoms with Gasteiger partial charge in [0.05, 0.1) is 12.7 Å². The lowest BCUT2D eigenvalue weighted by molar-refractivity contribution is -0.125. The van der Waals surface area contributed by atoms with Gasteiger partial charge in [-0.3, -0.25) is 9.48 Å². The first-order valence-electron chi connectivity index (χ1n) is 6.52. The summed E-state index contributed by atoms with van der Waals surface area (Å²) in [5, 5.41) is 14.6. The number of hydrogen-bond donors (Lipinski definition) is 2. The van der Waals surface area contributed by atoms with Crippen molar-refractivity contribution >= 4 is 16.7 Å². The molecule has 0 amide bonds. The molecular formula is C15H14FN3O2. The third-order valence-electron chi connectivity index (χ3n) is 3.42. The predicted molar refractivity (Wildman–Crippen MR) is 76.2 cm³/mol. The van der Waals surface area contributed by atoms with E-state index in [9.17, 15) is 14.3 Å². The van der Waals surface area contributed by atoms with E-state index >= 15 is 0 Å².